The van der Waals surface area contributed by atoms with Crippen molar-refractivity contribution >= 4 is 0 Å². The lowest BCUT2D eigenvalue weighted by molar-refractivity contribution is 0.276. The van der Waals surface area contributed by atoms with Crippen molar-refractivity contribution in [3.63, 3.8) is 0 Å². The molecule has 0 spiro atoms. The van der Waals surface area contributed by atoms with Crippen molar-refractivity contribution in [1.29, 1.82) is 0 Å². The smallest absolute Gasteiger partial charge is 0.132 e. The number of hydrogen-bond donors (Lipinski definition) is 1. The molecule has 2 rings (SSSR count). The summed E-state index contributed by atoms with van der Waals surface area (Å²) in [5, 5.41) is 9.34. The molecule has 0 saturated carbocycles. The molecule has 2 aromatic rings. The van der Waals surface area contributed by atoms with Crippen LogP contribution in [0, 0.1) is 6.92 Å². The molecule has 0 fully saturated rings. The molecule has 0 heterocycles. The summed E-state index contributed by atoms with van der Waals surface area (Å²) in [6.45, 7) is 4.11. The highest BCUT2D eigenvalue weighted by atomic mass is 16.5. The fraction of sp³-hybridized carbons (Fsp3) is 0.250. The number of ether oxygens (including phenoxy) is 1. The maximum Gasteiger partial charge on any atom is 0.132 e. The van der Waals surface area contributed by atoms with Gasteiger partial charge in [0.1, 0.15) is 11.5 Å². The van der Waals surface area contributed by atoms with Crippen molar-refractivity contribution in [2.75, 3.05) is 0 Å². The fourth-order valence-corrected chi connectivity index (χ4v) is 1.89. The van der Waals surface area contributed by atoms with Gasteiger partial charge in [-0.2, -0.15) is 0 Å². The first-order chi connectivity index (χ1) is 8.72. The standard InChI is InChI=1S/C16H18O2/c1-3-13-5-4-6-15(10-13)18-16-8-7-12(2)9-14(16)11-17/h4-10,17H,3,11H2,1-2H3. The molecule has 0 amide bonds. The average Bonchev–Trinajstić information content (AvgIpc) is 2.41. The molecule has 2 nitrogen and oxygen atoms in total. The normalized spacial score (nSPS) is 10.4. The Morgan fingerprint density at radius 2 is 1.94 bits per heavy atom. The Kier molecular flexibility index (Phi) is 4.00. The molecular weight excluding hydrogens is 224 g/mol. The molecule has 0 aliphatic rings. The fourth-order valence-electron chi connectivity index (χ4n) is 1.89. The zero-order valence-electron chi connectivity index (χ0n) is 10.8. The van der Waals surface area contributed by atoms with Crippen LogP contribution in [0.15, 0.2) is 42.5 Å². The van der Waals surface area contributed by atoms with E-state index >= 15 is 0 Å². The predicted octanol–water partition coefficient (Wildman–Crippen LogP) is 3.84. The molecule has 0 saturated heterocycles. The number of benzene rings is 2. The summed E-state index contributed by atoms with van der Waals surface area (Å²) >= 11 is 0. The Morgan fingerprint density at radius 1 is 1.11 bits per heavy atom. The maximum atomic E-state index is 9.34. The molecule has 2 heteroatoms. The minimum atomic E-state index is -0.00944. The van der Waals surface area contributed by atoms with Gasteiger partial charge in [-0.3, -0.25) is 0 Å². The zero-order chi connectivity index (χ0) is 13.0. The molecule has 1 N–H and O–H groups in total. The Balaban J connectivity index is 2.27. The summed E-state index contributed by atoms with van der Waals surface area (Å²) in [4.78, 5) is 0. The summed E-state index contributed by atoms with van der Waals surface area (Å²) in [5.74, 6) is 1.53. The third-order valence-corrected chi connectivity index (χ3v) is 2.92. The molecule has 2 aromatic carbocycles. The maximum absolute atomic E-state index is 9.34. The van der Waals surface area contributed by atoms with Crippen LogP contribution in [0.3, 0.4) is 0 Å². The minimum absolute atomic E-state index is 0.00944. The quantitative estimate of drug-likeness (QED) is 0.882. The summed E-state index contributed by atoms with van der Waals surface area (Å²) < 4.78 is 5.84. The third kappa shape index (κ3) is 2.90. The van der Waals surface area contributed by atoms with E-state index < -0.39 is 0 Å². The van der Waals surface area contributed by atoms with Gasteiger partial charge in [-0.1, -0.05) is 36.8 Å². The first-order valence-electron chi connectivity index (χ1n) is 6.20. The van der Waals surface area contributed by atoms with E-state index in [1.807, 2.05) is 43.3 Å². The van der Waals surface area contributed by atoms with Crippen molar-refractivity contribution in [3.8, 4) is 11.5 Å². The van der Waals surface area contributed by atoms with Gasteiger partial charge in [0.15, 0.2) is 0 Å². The highest BCUT2D eigenvalue weighted by Gasteiger charge is 2.05. The van der Waals surface area contributed by atoms with Gasteiger partial charge in [0.05, 0.1) is 6.61 Å². The number of hydrogen-bond acceptors (Lipinski definition) is 2. The second-order valence-corrected chi connectivity index (χ2v) is 4.37. The Labute approximate surface area is 108 Å². The van der Waals surface area contributed by atoms with Crippen molar-refractivity contribution in [1.82, 2.24) is 0 Å². The molecule has 0 aliphatic heterocycles. The van der Waals surface area contributed by atoms with Crippen molar-refractivity contribution in [2.24, 2.45) is 0 Å². The van der Waals surface area contributed by atoms with Gasteiger partial charge >= 0.3 is 0 Å². The Morgan fingerprint density at radius 3 is 2.67 bits per heavy atom. The molecule has 0 radical (unpaired) electrons. The lowest BCUT2D eigenvalue weighted by atomic mass is 10.1. The highest BCUT2D eigenvalue weighted by Crippen LogP contribution is 2.27. The Hall–Kier alpha value is -1.80. The van der Waals surface area contributed by atoms with Crippen LogP contribution in [-0.4, -0.2) is 5.11 Å². The van der Waals surface area contributed by atoms with Gasteiger partial charge in [0.2, 0.25) is 0 Å². The number of aliphatic hydroxyl groups is 1. The van der Waals surface area contributed by atoms with Crippen LogP contribution in [0.2, 0.25) is 0 Å². The van der Waals surface area contributed by atoms with E-state index in [1.165, 1.54) is 5.56 Å². The van der Waals surface area contributed by atoms with Crippen LogP contribution < -0.4 is 4.74 Å². The third-order valence-electron chi connectivity index (χ3n) is 2.92. The van der Waals surface area contributed by atoms with Crippen LogP contribution in [0.5, 0.6) is 11.5 Å². The number of aryl methyl sites for hydroxylation is 2. The lowest BCUT2D eigenvalue weighted by Gasteiger charge is -2.11. The van der Waals surface area contributed by atoms with Crippen LogP contribution in [0.4, 0.5) is 0 Å². The van der Waals surface area contributed by atoms with Gasteiger partial charge in [0, 0.05) is 5.56 Å². The SMILES string of the molecule is CCc1cccc(Oc2ccc(C)cc2CO)c1. The van der Waals surface area contributed by atoms with Gasteiger partial charge in [0.25, 0.3) is 0 Å². The molecule has 18 heavy (non-hydrogen) atoms. The van der Waals surface area contributed by atoms with Gasteiger partial charge in [-0.15, -0.1) is 0 Å². The van der Waals surface area contributed by atoms with E-state index in [0.29, 0.717) is 0 Å². The van der Waals surface area contributed by atoms with Crippen LogP contribution >= 0.6 is 0 Å². The van der Waals surface area contributed by atoms with Crippen molar-refractivity contribution < 1.29 is 9.84 Å². The number of rotatable bonds is 4. The largest absolute Gasteiger partial charge is 0.457 e. The molecule has 94 valence electrons. The van der Waals surface area contributed by atoms with Gasteiger partial charge in [-0.05, 0) is 37.1 Å². The molecule has 0 aliphatic carbocycles. The van der Waals surface area contributed by atoms with Crippen LogP contribution in [-0.2, 0) is 13.0 Å². The second-order valence-electron chi connectivity index (χ2n) is 4.37. The zero-order valence-corrected chi connectivity index (χ0v) is 10.8. The molecule has 0 aromatic heterocycles. The van der Waals surface area contributed by atoms with E-state index in [4.69, 9.17) is 4.74 Å². The van der Waals surface area contributed by atoms with Crippen molar-refractivity contribution in [3.05, 3.63) is 59.2 Å². The lowest BCUT2D eigenvalue weighted by Crippen LogP contribution is -1.93. The monoisotopic (exact) mass is 242 g/mol. The molecular formula is C16H18O2. The number of aliphatic hydroxyl groups excluding tert-OH is 1. The molecule has 0 atom stereocenters. The van der Waals surface area contributed by atoms with E-state index in [0.717, 1.165) is 29.0 Å². The highest BCUT2D eigenvalue weighted by molar-refractivity contribution is 5.40. The van der Waals surface area contributed by atoms with E-state index in [9.17, 15) is 5.11 Å². The van der Waals surface area contributed by atoms with E-state index in [1.54, 1.807) is 0 Å². The summed E-state index contributed by atoms with van der Waals surface area (Å²) in [6, 6.07) is 13.9. The van der Waals surface area contributed by atoms with Crippen molar-refractivity contribution in [2.45, 2.75) is 26.9 Å². The average molecular weight is 242 g/mol. The second kappa shape index (κ2) is 5.69. The van der Waals surface area contributed by atoms with E-state index in [2.05, 4.69) is 13.0 Å². The van der Waals surface area contributed by atoms with Crippen LogP contribution in [0.25, 0.3) is 0 Å². The first-order valence-corrected chi connectivity index (χ1v) is 6.20. The van der Waals surface area contributed by atoms with Gasteiger partial charge < -0.3 is 9.84 Å². The van der Waals surface area contributed by atoms with Gasteiger partial charge in [-0.25, -0.2) is 0 Å². The summed E-state index contributed by atoms with van der Waals surface area (Å²) in [5.41, 5.74) is 3.18. The first kappa shape index (κ1) is 12.7. The topological polar surface area (TPSA) is 29.5 Å². The summed E-state index contributed by atoms with van der Waals surface area (Å²) in [7, 11) is 0. The van der Waals surface area contributed by atoms with Crippen LogP contribution in [0.1, 0.15) is 23.6 Å². The molecule has 0 unspecified atom stereocenters. The Bertz CT molecular complexity index is 532. The molecule has 0 bridgehead atoms. The van der Waals surface area contributed by atoms with E-state index in [-0.39, 0.29) is 6.61 Å². The predicted molar refractivity (Wildman–Crippen MR) is 73.0 cm³/mol. The summed E-state index contributed by atoms with van der Waals surface area (Å²) in [6.07, 6.45) is 0.984. The minimum Gasteiger partial charge on any atom is -0.457 e.